The van der Waals surface area contributed by atoms with Crippen LogP contribution in [0.3, 0.4) is 0 Å². The van der Waals surface area contributed by atoms with Crippen LogP contribution in [0.15, 0.2) is 18.2 Å². The van der Waals surface area contributed by atoms with Crippen molar-refractivity contribution < 1.29 is 22.6 Å². The minimum Gasteiger partial charge on any atom is -0.493 e. The van der Waals surface area contributed by atoms with E-state index in [0.717, 1.165) is 0 Å². The quantitative estimate of drug-likeness (QED) is 0.892. The molecule has 0 aliphatic heterocycles. The molecule has 0 heterocycles. The summed E-state index contributed by atoms with van der Waals surface area (Å²) >= 11 is 0. The van der Waals surface area contributed by atoms with Gasteiger partial charge in [-0.3, -0.25) is 0 Å². The number of ether oxygens (including phenoxy) is 2. The van der Waals surface area contributed by atoms with Crippen LogP contribution >= 0.6 is 0 Å². The van der Waals surface area contributed by atoms with Gasteiger partial charge in [0.15, 0.2) is 18.1 Å². The first-order valence-electron chi connectivity index (χ1n) is 4.96. The molecule has 17 heavy (non-hydrogen) atoms. The average molecular weight is 249 g/mol. The maximum Gasteiger partial charge on any atom is 0.422 e. The zero-order valence-electron chi connectivity index (χ0n) is 9.54. The fourth-order valence-corrected chi connectivity index (χ4v) is 1.25. The minimum atomic E-state index is -4.38. The summed E-state index contributed by atoms with van der Waals surface area (Å²) in [7, 11) is 1.36. The van der Waals surface area contributed by atoms with Crippen molar-refractivity contribution in [2.24, 2.45) is 5.73 Å². The molecule has 1 rings (SSSR count). The molecule has 0 spiro atoms. The third-order valence-corrected chi connectivity index (χ3v) is 2.10. The van der Waals surface area contributed by atoms with Gasteiger partial charge >= 0.3 is 6.18 Å². The normalized spacial score (nSPS) is 13.3. The summed E-state index contributed by atoms with van der Waals surface area (Å²) in [5, 5.41) is 0. The first-order chi connectivity index (χ1) is 7.83. The molecule has 0 amide bonds. The summed E-state index contributed by atoms with van der Waals surface area (Å²) in [4.78, 5) is 0. The molecule has 0 aliphatic carbocycles. The largest absolute Gasteiger partial charge is 0.493 e. The van der Waals surface area contributed by atoms with Crippen LogP contribution in [0.4, 0.5) is 13.2 Å². The van der Waals surface area contributed by atoms with Crippen molar-refractivity contribution in [3.05, 3.63) is 23.8 Å². The van der Waals surface area contributed by atoms with E-state index in [1.54, 1.807) is 13.0 Å². The first kappa shape index (κ1) is 13.6. The highest BCUT2D eigenvalue weighted by Gasteiger charge is 2.29. The van der Waals surface area contributed by atoms with Crippen molar-refractivity contribution in [1.82, 2.24) is 0 Å². The second-order valence-corrected chi connectivity index (χ2v) is 3.60. The lowest BCUT2D eigenvalue weighted by Crippen LogP contribution is -2.19. The predicted octanol–water partition coefficient (Wildman–Crippen LogP) is 2.66. The van der Waals surface area contributed by atoms with E-state index < -0.39 is 12.8 Å². The van der Waals surface area contributed by atoms with E-state index in [9.17, 15) is 13.2 Å². The van der Waals surface area contributed by atoms with Crippen molar-refractivity contribution in [3.63, 3.8) is 0 Å². The summed E-state index contributed by atoms with van der Waals surface area (Å²) in [5.74, 6) is 0.290. The summed E-state index contributed by atoms with van der Waals surface area (Å²) in [5.41, 5.74) is 6.32. The molecule has 0 aliphatic rings. The monoisotopic (exact) mass is 249 g/mol. The van der Waals surface area contributed by atoms with Crippen LogP contribution in [0.5, 0.6) is 11.5 Å². The van der Waals surface area contributed by atoms with Gasteiger partial charge < -0.3 is 15.2 Å². The smallest absolute Gasteiger partial charge is 0.422 e. The molecule has 0 bridgehead atoms. The van der Waals surface area contributed by atoms with Crippen molar-refractivity contribution in [2.75, 3.05) is 13.7 Å². The molecule has 2 N–H and O–H groups in total. The third-order valence-electron chi connectivity index (χ3n) is 2.10. The lowest BCUT2D eigenvalue weighted by atomic mass is 10.1. The molecule has 0 radical (unpaired) electrons. The third kappa shape index (κ3) is 4.14. The van der Waals surface area contributed by atoms with E-state index in [0.29, 0.717) is 5.56 Å². The van der Waals surface area contributed by atoms with Gasteiger partial charge in [-0.05, 0) is 24.6 Å². The lowest BCUT2D eigenvalue weighted by Gasteiger charge is -2.14. The highest BCUT2D eigenvalue weighted by atomic mass is 19.4. The molecule has 1 unspecified atom stereocenters. The Morgan fingerprint density at radius 1 is 1.29 bits per heavy atom. The molecule has 96 valence electrons. The van der Waals surface area contributed by atoms with E-state index in [1.807, 2.05) is 0 Å². The van der Waals surface area contributed by atoms with Crippen LogP contribution < -0.4 is 15.2 Å². The molecular weight excluding hydrogens is 235 g/mol. The zero-order valence-corrected chi connectivity index (χ0v) is 9.54. The van der Waals surface area contributed by atoms with E-state index in [1.165, 1.54) is 19.2 Å². The number of methoxy groups -OCH3 is 1. The fraction of sp³-hybridized carbons (Fsp3) is 0.455. The number of rotatable bonds is 4. The van der Waals surface area contributed by atoms with Crippen LogP contribution in [0.2, 0.25) is 0 Å². The minimum absolute atomic E-state index is 0.0413. The van der Waals surface area contributed by atoms with Gasteiger partial charge in [-0.2, -0.15) is 13.2 Å². The Labute approximate surface area is 97.3 Å². The van der Waals surface area contributed by atoms with Gasteiger partial charge in [-0.1, -0.05) is 6.07 Å². The summed E-state index contributed by atoms with van der Waals surface area (Å²) in [6.07, 6.45) is -4.38. The molecule has 0 saturated carbocycles. The van der Waals surface area contributed by atoms with Gasteiger partial charge in [0.05, 0.1) is 7.11 Å². The summed E-state index contributed by atoms with van der Waals surface area (Å²) < 4.78 is 45.7. The number of hydrogen-bond acceptors (Lipinski definition) is 3. The molecule has 0 aromatic heterocycles. The Bertz CT molecular complexity index is 377. The maximum atomic E-state index is 12.0. The molecule has 0 saturated heterocycles. The summed E-state index contributed by atoms with van der Waals surface area (Å²) in [6, 6.07) is 4.39. The van der Waals surface area contributed by atoms with Gasteiger partial charge in [-0.25, -0.2) is 0 Å². The number of benzene rings is 1. The van der Waals surface area contributed by atoms with Crippen LogP contribution in [0, 0.1) is 0 Å². The molecule has 1 aromatic carbocycles. The van der Waals surface area contributed by atoms with Gasteiger partial charge in [0.25, 0.3) is 0 Å². The Kier molecular flexibility index (Phi) is 4.22. The lowest BCUT2D eigenvalue weighted by molar-refractivity contribution is -0.153. The molecule has 0 fully saturated rings. The second-order valence-electron chi connectivity index (χ2n) is 3.60. The van der Waals surface area contributed by atoms with Crippen LogP contribution in [0.25, 0.3) is 0 Å². The topological polar surface area (TPSA) is 44.5 Å². The Hall–Kier alpha value is -1.43. The highest BCUT2D eigenvalue weighted by molar-refractivity contribution is 5.43. The van der Waals surface area contributed by atoms with Crippen molar-refractivity contribution in [3.8, 4) is 11.5 Å². The average Bonchev–Trinajstić information content (AvgIpc) is 2.24. The maximum absolute atomic E-state index is 12.0. The van der Waals surface area contributed by atoms with E-state index in [2.05, 4.69) is 4.74 Å². The number of alkyl halides is 3. The van der Waals surface area contributed by atoms with Crippen molar-refractivity contribution in [2.45, 2.75) is 19.1 Å². The SMILES string of the molecule is COc1ccc(C(C)N)cc1OCC(F)(F)F. The molecule has 6 heteroatoms. The first-order valence-corrected chi connectivity index (χ1v) is 4.96. The zero-order chi connectivity index (χ0) is 13.1. The second kappa shape index (κ2) is 5.27. The van der Waals surface area contributed by atoms with E-state index >= 15 is 0 Å². The van der Waals surface area contributed by atoms with E-state index in [4.69, 9.17) is 10.5 Å². The van der Waals surface area contributed by atoms with Crippen molar-refractivity contribution in [1.29, 1.82) is 0 Å². The standard InChI is InChI=1S/C11H14F3NO2/c1-7(15)8-3-4-9(16-2)10(5-8)17-6-11(12,13)14/h3-5,7H,6,15H2,1-2H3. The number of hydrogen-bond donors (Lipinski definition) is 1. The van der Waals surface area contributed by atoms with Crippen LogP contribution in [0.1, 0.15) is 18.5 Å². The van der Waals surface area contributed by atoms with Crippen LogP contribution in [-0.2, 0) is 0 Å². The Balaban J connectivity index is 2.90. The van der Waals surface area contributed by atoms with Gasteiger partial charge in [0, 0.05) is 6.04 Å². The fourth-order valence-electron chi connectivity index (χ4n) is 1.25. The molecule has 3 nitrogen and oxygen atoms in total. The van der Waals surface area contributed by atoms with Crippen LogP contribution in [-0.4, -0.2) is 19.9 Å². The van der Waals surface area contributed by atoms with Gasteiger partial charge in [-0.15, -0.1) is 0 Å². The highest BCUT2D eigenvalue weighted by Crippen LogP contribution is 2.31. The Morgan fingerprint density at radius 3 is 2.41 bits per heavy atom. The molecular formula is C11H14F3NO2. The molecule has 1 aromatic rings. The predicted molar refractivity (Wildman–Crippen MR) is 57.1 cm³/mol. The van der Waals surface area contributed by atoms with Gasteiger partial charge in [0.2, 0.25) is 0 Å². The number of nitrogens with two attached hydrogens (primary N) is 1. The number of halogens is 3. The van der Waals surface area contributed by atoms with Crippen molar-refractivity contribution >= 4 is 0 Å². The van der Waals surface area contributed by atoms with Gasteiger partial charge in [0.1, 0.15) is 0 Å². The summed E-state index contributed by atoms with van der Waals surface area (Å²) in [6.45, 7) is 0.376. The Morgan fingerprint density at radius 2 is 1.94 bits per heavy atom. The molecule has 1 atom stereocenters. The van der Waals surface area contributed by atoms with E-state index in [-0.39, 0.29) is 17.5 Å².